The molecule has 0 amide bonds. The summed E-state index contributed by atoms with van der Waals surface area (Å²) in [6, 6.07) is 0. The fourth-order valence-electron chi connectivity index (χ4n) is 0.460. The van der Waals surface area contributed by atoms with Gasteiger partial charge in [0, 0.05) is 11.9 Å². The first kappa shape index (κ1) is 11.7. The third-order valence-corrected chi connectivity index (χ3v) is 1.66. The van der Waals surface area contributed by atoms with Gasteiger partial charge in [-0.15, -0.1) is 0 Å². The molecule has 72 valence electrons. The topological polar surface area (TPSA) is 82.2 Å². The second-order valence-electron chi connectivity index (χ2n) is 2.22. The third kappa shape index (κ3) is 4.32. The highest BCUT2D eigenvalue weighted by molar-refractivity contribution is 8.01. The Morgan fingerprint density at radius 2 is 2.00 bits per heavy atom. The molecule has 0 radical (unpaired) electrons. The molecule has 13 heavy (non-hydrogen) atoms. The van der Waals surface area contributed by atoms with Gasteiger partial charge in [0.05, 0.1) is 5.71 Å². The van der Waals surface area contributed by atoms with Gasteiger partial charge in [-0.3, -0.25) is 0 Å². The predicted molar refractivity (Wildman–Crippen MR) is 52.4 cm³/mol. The highest BCUT2D eigenvalue weighted by atomic mass is 32.2. The van der Waals surface area contributed by atoms with Crippen LogP contribution in [-0.2, 0) is 4.79 Å². The van der Waals surface area contributed by atoms with Crippen LogP contribution in [0.15, 0.2) is 21.0 Å². The van der Waals surface area contributed by atoms with Crippen LogP contribution < -0.4 is 0 Å². The number of hydrogen-bond acceptors (Lipinski definition) is 5. The number of nitrogens with zero attached hydrogens (tertiary/aromatic N) is 2. The van der Waals surface area contributed by atoms with Crippen molar-refractivity contribution in [1.29, 1.82) is 0 Å². The van der Waals surface area contributed by atoms with E-state index in [9.17, 15) is 4.79 Å². The number of rotatable bonds is 4. The van der Waals surface area contributed by atoms with Crippen LogP contribution in [0.25, 0.3) is 0 Å². The summed E-state index contributed by atoms with van der Waals surface area (Å²) in [6.07, 6.45) is 0. The Labute approximate surface area is 80.0 Å². The first-order valence-corrected chi connectivity index (χ1v) is 4.09. The summed E-state index contributed by atoms with van der Waals surface area (Å²) >= 11 is 1.04. The summed E-state index contributed by atoms with van der Waals surface area (Å²) in [5.41, 5.74) is -0.322. The Morgan fingerprint density at radius 1 is 1.46 bits per heavy atom. The second-order valence-corrected chi connectivity index (χ2v) is 3.29. The SMILES string of the molecule is C=C(C)SN=C(C)/C(=N/O)C(=O)O. The fraction of sp³-hybridized carbons (Fsp3) is 0.286. The van der Waals surface area contributed by atoms with E-state index in [0.717, 1.165) is 16.9 Å². The maximum atomic E-state index is 10.4. The van der Waals surface area contributed by atoms with Crippen LogP contribution in [0.5, 0.6) is 0 Å². The highest BCUT2D eigenvalue weighted by Gasteiger charge is 2.13. The van der Waals surface area contributed by atoms with Gasteiger partial charge < -0.3 is 10.3 Å². The van der Waals surface area contributed by atoms with Gasteiger partial charge in [0.1, 0.15) is 0 Å². The molecule has 0 aliphatic carbocycles. The first-order chi connectivity index (χ1) is 5.99. The minimum Gasteiger partial charge on any atom is -0.476 e. The van der Waals surface area contributed by atoms with Crippen molar-refractivity contribution in [2.24, 2.45) is 9.55 Å². The van der Waals surface area contributed by atoms with Crippen molar-refractivity contribution in [2.75, 3.05) is 0 Å². The molecular weight excluding hydrogens is 192 g/mol. The molecule has 0 heterocycles. The molecule has 0 saturated heterocycles. The van der Waals surface area contributed by atoms with E-state index in [2.05, 4.69) is 16.1 Å². The van der Waals surface area contributed by atoms with Crippen LogP contribution >= 0.6 is 11.9 Å². The smallest absolute Gasteiger partial charge is 0.359 e. The minimum absolute atomic E-state index is 0.142. The van der Waals surface area contributed by atoms with Crippen molar-refractivity contribution in [3.05, 3.63) is 11.5 Å². The molecular formula is C7H10N2O3S. The van der Waals surface area contributed by atoms with Crippen molar-refractivity contribution >= 4 is 29.3 Å². The van der Waals surface area contributed by atoms with E-state index < -0.39 is 11.7 Å². The Kier molecular flexibility index (Phi) is 4.83. The van der Waals surface area contributed by atoms with Crippen LogP contribution in [-0.4, -0.2) is 27.7 Å². The number of carbonyl (C=O) groups is 1. The molecule has 0 aliphatic rings. The summed E-state index contributed by atoms with van der Waals surface area (Å²) in [5.74, 6) is -1.31. The number of aliphatic carboxylic acids is 1. The van der Waals surface area contributed by atoms with Gasteiger partial charge >= 0.3 is 5.97 Å². The van der Waals surface area contributed by atoms with Crippen LogP contribution in [0.3, 0.4) is 0 Å². The standard InChI is InChI=1S/C7H10N2O3S/c1-4(2)13-9-5(3)6(8-12)7(10)11/h12H,1H2,2-3H3,(H,10,11)/b8-6-,9-5?. The van der Waals surface area contributed by atoms with Crippen LogP contribution in [0, 0.1) is 0 Å². The summed E-state index contributed by atoms with van der Waals surface area (Å²) in [7, 11) is 0. The normalized spacial score (nSPS) is 12.8. The van der Waals surface area contributed by atoms with Gasteiger partial charge in [-0.05, 0) is 18.8 Å². The molecule has 0 fully saturated rings. The quantitative estimate of drug-likeness (QED) is 0.313. The van der Waals surface area contributed by atoms with E-state index in [1.807, 2.05) is 0 Å². The number of carboxylic acid groups (broad SMARTS) is 1. The molecule has 5 nitrogen and oxygen atoms in total. The van der Waals surface area contributed by atoms with Crippen LogP contribution in [0.4, 0.5) is 0 Å². The molecule has 0 atom stereocenters. The van der Waals surface area contributed by atoms with Gasteiger partial charge in [-0.2, -0.15) is 0 Å². The van der Waals surface area contributed by atoms with Crippen LogP contribution in [0.2, 0.25) is 0 Å². The van der Waals surface area contributed by atoms with Gasteiger partial charge in [0.15, 0.2) is 0 Å². The molecule has 0 aliphatic heterocycles. The highest BCUT2D eigenvalue weighted by Crippen LogP contribution is 2.13. The van der Waals surface area contributed by atoms with Crippen molar-refractivity contribution in [3.63, 3.8) is 0 Å². The summed E-state index contributed by atoms with van der Waals surface area (Å²) < 4.78 is 3.78. The molecule has 6 heteroatoms. The van der Waals surface area contributed by atoms with E-state index in [1.165, 1.54) is 6.92 Å². The summed E-state index contributed by atoms with van der Waals surface area (Å²) in [6.45, 7) is 6.74. The molecule has 0 aromatic carbocycles. The lowest BCUT2D eigenvalue weighted by Crippen LogP contribution is -2.21. The Balaban J connectivity index is 4.56. The largest absolute Gasteiger partial charge is 0.476 e. The number of allylic oxidation sites excluding steroid dienone is 1. The fourth-order valence-corrected chi connectivity index (χ4v) is 0.839. The third-order valence-electron chi connectivity index (χ3n) is 0.984. The van der Waals surface area contributed by atoms with Gasteiger partial charge in [-0.25, -0.2) is 9.19 Å². The number of carboxylic acids is 1. The van der Waals surface area contributed by atoms with E-state index in [0.29, 0.717) is 0 Å². The molecule has 0 rings (SSSR count). The van der Waals surface area contributed by atoms with E-state index in [-0.39, 0.29) is 5.71 Å². The summed E-state index contributed by atoms with van der Waals surface area (Å²) in [4.78, 5) is 11.1. The Hall–Kier alpha value is -1.30. The van der Waals surface area contributed by atoms with Crippen molar-refractivity contribution < 1.29 is 15.1 Å². The second kappa shape index (κ2) is 5.36. The minimum atomic E-state index is -1.31. The van der Waals surface area contributed by atoms with Gasteiger partial charge in [0.25, 0.3) is 0 Å². The molecule has 0 saturated carbocycles. The van der Waals surface area contributed by atoms with E-state index >= 15 is 0 Å². The number of hydrogen-bond donors (Lipinski definition) is 2. The van der Waals surface area contributed by atoms with Gasteiger partial charge in [-0.1, -0.05) is 11.7 Å². The van der Waals surface area contributed by atoms with Crippen molar-refractivity contribution in [2.45, 2.75) is 13.8 Å². The van der Waals surface area contributed by atoms with E-state index in [1.54, 1.807) is 6.92 Å². The zero-order valence-electron chi connectivity index (χ0n) is 7.31. The number of oxime groups is 1. The first-order valence-electron chi connectivity index (χ1n) is 3.32. The molecule has 2 N–H and O–H groups in total. The molecule has 0 unspecified atom stereocenters. The monoisotopic (exact) mass is 202 g/mol. The average Bonchev–Trinajstić information content (AvgIpc) is 2.01. The molecule has 0 aromatic heterocycles. The maximum absolute atomic E-state index is 10.4. The average molecular weight is 202 g/mol. The Morgan fingerprint density at radius 3 is 2.31 bits per heavy atom. The molecule has 0 bridgehead atoms. The molecule has 0 aromatic rings. The zero-order valence-corrected chi connectivity index (χ0v) is 8.13. The van der Waals surface area contributed by atoms with Crippen molar-refractivity contribution in [3.8, 4) is 0 Å². The lowest BCUT2D eigenvalue weighted by atomic mass is 10.3. The van der Waals surface area contributed by atoms with Crippen LogP contribution in [0.1, 0.15) is 13.8 Å². The van der Waals surface area contributed by atoms with Crippen molar-refractivity contribution in [1.82, 2.24) is 0 Å². The zero-order chi connectivity index (χ0) is 10.4. The lowest BCUT2D eigenvalue weighted by molar-refractivity contribution is -0.129. The van der Waals surface area contributed by atoms with Gasteiger partial charge in [0.2, 0.25) is 5.71 Å². The molecule has 0 spiro atoms. The predicted octanol–water partition coefficient (Wildman–Crippen LogP) is 1.54. The maximum Gasteiger partial charge on any atom is 0.359 e. The van der Waals surface area contributed by atoms with E-state index in [4.69, 9.17) is 10.3 Å². The lowest BCUT2D eigenvalue weighted by Gasteiger charge is -1.97. The Bertz CT molecular complexity index is 283. The summed E-state index contributed by atoms with van der Waals surface area (Å²) in [5, 5.41) is 19.4.